The number of carboxylic acid groups (broad SMARTS) is 1. The van der Waals surface area contributed by atoms with Crippen molar-refractivity contribution < 1.29 is 14.7 Å². The van der Waals surface area contributed by atoms with Gasteiger partial charge in [-0.15, -0.1) is 0 Å². The van der Waals surface area contributed by atoms with E-state index in [9.17, 15) is 9.59 Å². The lowest BCUT2D eigenvalue weighted by atomic mass is 10.0. The molecule has 0 amide bonds. The molecule has 0 aliphatic heterocycles. The molecule has 4 nitrogen and oxygen atoms in total. The van der Waals surface area contributed by atoms with Crippen molar-refractivity contribution in [3.63, 3.8) is 0 Å². The number of rotatable bonds is 4. The molecule has 20 heavy (non-hydrogen) atoms. The summed E-state index contributed by atoms with van der Waals surface area (Å²) in [6.45, 7) is 0. The van der Waals surface area contributed by atoms with Crippen molar-refractivity contribution in [1.82, 2.24) is 0 Å². The predicted octanol–water partition coefficient (Wildman–Crippen LogP) is 2.86. The molecular formula is C16H13NO3. The van der Waals surface area contributed by atoms with Crippen molar-refractivity contribution in [3.8, 4) is 0 Å². The van der Waals surface area contributed by atoms with Gasteiger partial charge in [0.25, 0.3) is 0 Å². The van der Waals surface area contributed by atoms with Gasteiger partial charge in [0.15, 0.2) is 5.78 Å². The van der Waals surface area contributed by atoms with Gasteiger partial charge in [0.1, 0.15) is 0 Å². The number of nitrogens with two attached hydrogens (primary N) is 1. The molecule has 2 rings (SSSR count). The van der Waals surface area contributed by atoms with Crippen molar-refractivity contribution in [2.24, 2.45) is 0 Å². The lowest BCUT2D eigenvalue weighted by Gasteiger charge is -2.02. The summed E-state index contributed by atoms with van der Waals surface area (Å²) >= 11 is 0. The summed E-state index contributed by atoms with van der Waals surface area (Å²) in [5, 5.41) is 8.87. The van der Waals surface area contributed by atoms with E-state index in [4.69, 9.17) is 10.8 Å². The first-order chi connectivity index (χ1) is 9.58. The number of hydrogen-bond acceptors (Lipinski definition) is 3. The summed E-state index contributed by atoms with van der Waals surface area (Å²) in [5.41, 5.74) is 6.96. The van der Waals surface area contributed by atoms with Gasteiger partial charge in [-0.1, -0.05) is 42.5 Å². The van der Waals surface area contributed by atoms with E-state index >= 15 is 0 Å². The summed E-state index contributed by atoms with van der Waals surface area (Å²) in [7, 11) is 0. The Morgan fingerprint density at radius 1 is 1.05 bits per heavy atom. The van der Waals surface area contributed by atoms with Crippen molar-refractivity contribution in [3.05, 3.63) is 71.3 Å². The number of ketones is 1. The number of anilines is 1. The van der Waals surface area contributed by atoms with Crippen LogP contribution < -0.4 is 5.73 Å². The lowest BCUT2D eigenvalue weighted by molar-refractivity contribution is 0.0697. The smallest absolute Gasteiger partial charge is 0.337 e. The Morgan fingerprint density at radius 3 is 2.35 bits per heavy atom. The first-order valence-corrected chi connectivity index (χ1v) is 5.98. The molecule has 0 aliphatic rings. The fourth-order valence-corrected chi connectivity index (χ4v) is 1.74. The average Bonchev–Trinajstić information content (AvgIpc) is 2.45. The van der Waals surface area contributed by atoms with E-state index in [2.05, 4.69) is 0 Å². The van der Waals surface area contributed by atoms with Crippen LogP contribution in [0.3, 0.4) is 0 Å². The number of aromatic carboxylic acids is 1. The van der Waals surface area contributed by atoms with E-state index in [-0.39, 0.29) is 17.0 Å². The van der Waals surface area contributed by atoms with E-state index in [1.807, 2.05) is 30.3 Å². The monoisotopic (exact) mass is 267 g/mol. The number of allylic oxidation sites excluding steroid dienone is 1. The molecule has 0 unspecified atom stereocenters. The van der Waals surface area contributed by atoms with E-state index in [0.29, 0.717) is 5.56 Å². The van der Waals surface area contributed by atoms with Gasteiger partial charge in [-0.2, -0.15) is 0 Å². The number of carboxylic acids is 1. The Balaban J connectivity index is 2.20. The summed E-state index contributed by atoms with van der Waals surface area (Å²) in [4.78, 5) is 22.8. The third-order valence-electron chi connectivity index (χ3n) is 2.79. The maximum atomic E-state index is 12.0. The van der Waals surface area contributed by atoms with Crippen LogP contribution in [-0.2, 0) is 0 Å². The second kappa shape index (κ2) is 5.84. The minimum absolute atomic E-state index is 0.00594. The van der Waals surface area contributed by atoms with Gasteiger partial charge < -0.3 is 10.8 Å². The minimum Gasteiger partial charge on any atom is -0.478 e. The molecule has 2 aromatic carbocycles. The highest BCUT2D eigenvalue weighted by atomic mass is 16.4. The van der Waals surface area contributed by atoms with Crippen molar-refractivity contribution in [2.75, 3.05) is 5.73 Å². The zero-order valence-electron chi connectivity index (χ0n) is 10.6. The zero-order valence-corrected chi connectivity index (χ0v) is 10.6. The normalized spacial score (nSPS) is 10.6. The molecular weight excluding hydrogens is 254 g/mol. The first-order valence-electron chi connectivity index (χ1n) is 5.98. The topological polar surface area (TPSA) is 80.4 Å². The second-order valence-electron chi connectivity index (χ2n) is 4.22. The van der Waals surface area contributed by atoms with Crippen molar-refractivity contribution in [2.45, 2.75) is 0 Å². The number of nitrogen functional groups attached to an aromatic ring is 1. The SMILES string of the molecule is Nc1cc(C(=O)C=Cc2ccccc2)ccc1C(=O)O. The number of hydrogen-bond donors (Lipinski definition) is 2. The van der Waals surface area contributed by atoms with Crippen molar-refractivity contribution in [1.29, 1.82) is 0 Å². The van der Waals surface area contributed by atoms with Gasteiger partial charge in [0.2, 0.25) is 0 Å². The molecule has 0 aromatic heterocycles. The van der Waals surface area contributed by atoms with Gasteiger partial charge in [-0.05, 0) is 23.8 Å². The van der Waals surface area contributed by atoms with Gasteiger partial charge >= 0.3 is 5.97 Å². The molecule has 4 heteroatoms. The van der Waals surface area contributed by atoms with Crippen molar-refractivity contribution >= 4 is 23.5 Å². The molecule has 3 N–H and O–H groups in total. The summed E-state index contributed by atoms with van der Waals surface area (Å²) in [6, 6.07) is 13.6. The van der Waals surface area contributed by atoms with Crippen LogP contribution in [0.4, 0.5) is 5.69 Å². The number of benzene rings is 2. The molecule has 0 atom stereocenters. The summed E-state index contributed by atoms with van der Waals surface area (Å²) in [6.07, 6.45) is 3.13. The Kier molecular flexibility index (Phi) is 3.96. The fourth-order valence-electron chi connectivity index (χ4n) is 1.74. The van der Waals surface area contributed by atoms with Gasteiger partial charge in [0.05, 0.1) is 5.56 Å². The molecule has 0 heterocycles. The molecule has 0 radical (unpaired) electrons. The van der Waals surface area contributed by atoms with Crippen LogP contribution in [0.25, 0.3) is 6.08 Å². The Labute approximate surface area is 116 Å². The van der Waals surface area contributed by atoms with Gasteiger partial charge in [-0.25, -0.2) is 4.79 Å². The fraction of sp³-hybridized carbons (Fsp3) is 0. The molecule has 2 aromatic rings. The third-order valence-corrected chi connectivity index (χ3v) is 2.79. The Morgan fingerprint density at radius 2 is 1.75 bits per heavy atom. The summed E-state index contributed by atoms with van der Waals surface area (Å²) < 4.78 is 0. The largest absolute Gasteiger partial charge is 0.478 e. The quantitative estimate of drug-likeness (QED) is 0.507. The van der Waals surface area contributed by atoms with Crippen LogP contribution in [0.15, 0.2) is 54.6 Å². The van der Waals surface area contributed by atoms with Gasteiger partial charge in [-0.3, -0.25) is 4.79 Å². The maximum absolute atomic E-state index is 12.0. The molecule has 0 saturated heterocycles. The van der Waals surface area contributed by atoms with Crippen LogP contribution >= 0.6 is 0 Å². The minimum atomic E-state index is -1.11. The van der Waals surface area contributed by atoms with Crippen LogP contribution in [0.1, 0.15) is 26.3 Å². The van der Waals surface area contributed by atoms with E-state index in [1.54, 1.807) is 6.08 Å². The first kappa shape index (κ1) is 13.5. The molecule has 0 bridgehead atoms. The summed E-state index contributed by atoms with van der Waals surface area (Å²) in [5.74, 6) is -1.33. The highest BCUT2D eigenvalue weighted by Crippen LogP contribution is 2.15. The van der Waals surface area contributed by atoms with E-state index < -0.39 is 5.97 Å². The van der Waals surface area contributed by atoms with Crippen LogP contribution in [0.5, 0.6) is 0 Å². The highest BCUT2D eigenvalue weighted by Gasteiger charge is 2.10. The molecule has 100 valence electrons. The third kappa shape index (κ3) is 3.11. The predicted molar refractivity (Wildman–Crippen MR) is 77.6 cm³/mol. The Hall–Kier alpha value is -2.88. The lowest BCUT2D eigenvalue weighted by Crippen LogP contribution is -2.04. The average molecular weight is 267 g/mol. The van der Waals surface area contributed by atoms with E-state index in [0.717, 1.165) is 5.56 Å². The molecule has 0 fully saturated rings. The standard InChI is InChI=1S/C16H13NO3/c17-14-10-12(7-8-13(14)16(19)20)15(18)9-6-11-4-2-1-3-5-11/h1-10H,17H2,(H,19,20). The van der Waals surface area contributed by atoms with Crippen LogP contribution in [0.2, 0.25) is 0 Å². The van der Waals surface area contributed by atoms with Crippen LogP contribution in [0, 0.1) is 0 Å². The maximum Gasteiger partial charge on any atom is 0.337 e. The van der Waals surface area contributed by atoms with Gasteiger partial charge in [0, 0.05) is 11.3 Å². The zero-order chi connectivity index (χ0) is 14.5. The molecule has 0 aliphatic carbocycles. The molecule has 0 spiro atoms. The Bertz CT molecular complexity index is 675. The highest BCUT2D eigenvalue weighted by molar-refractivity contribution is 6.08. The number of carbonyl (C=O) groups excluding carboxylic acids is 1. The van der Waals surface area contributed by atoms with Crippen LogP contribution in [-0.4, -0.2) is 16.9 Å². The molecule has 0 saturated carbocycles. The second-order valence-corrected chi connectivity index (χ2v) is 4.22. The van der Waals surface area contributed by atoms with E-state index in [1.165, 1.54) is 24.3 Å². The number of carbonyl (C=O) groups is 2.